The Balaban J connectivity index is 1.56. The zero-order valence-corrected chi connectivity index (χ0v) is 19.0. The van der Waals surface area contributed by atoms with Crippen LogP contribution in [0.15, 0.2) is 40.5 Å². The van der Waals surface area contributed by atoms with Crippen LogP contribution in [-0.2, 0) is 0 Å². The number of unbranched alkanes of at least 4 members (excludes halogenated alkanes) is 2. The lowest BCUT2D eigenvalue weighted by Crippen LogP contribution is -2.23. The maximum absolute atomic E-state index is 12.8. The fraction of sp³-hybridized carbons (Fsp3) is 0.261. The second kappa shape index (κ2) is 9.89. The fourth-order valence-electron chi connectivity index (χ4n) is 3.04. The first-order valence-corrected chi connectivity index (χ1v) is 11.8. The Hall–Kier alpha value is -2.97. The third-order valence-electron chi connectivity index (χ3n) is 4.63. The highest BCUT2D eigenvalue weighted by Gasteiger charge is 2.10. The third kappa shape index (κ3) is 5.03. The molecule has 3 heterocycles. The normalized spacial score (nSPS) is 12.3. The van der Waals surface area contributed by atoms with Gasteiger partial charge in [0.2, 0.25) is 4.96 Å². The van der Waals surface area contributed by atoms with Gasteiger partial charge < -0.3 is 9.47 Å². The molecule has 1 aromatic carbocycles. The third-order valence-corrected chi connectivity index (χ3v) is 6.43. The van der Waals surface area contributed by atoms with E-state index in [0.29, 0.717) is 33.4 Å². The Morgan fingerprint density at radius 1 is 1.16 bits per heavy atom. The highest BCUT2D eigenvalue weighted by atomic mass is 32.1. The quantitative estimate of drug-likeness (QED) is 0.349. The lowest BCUT2D eigenvalue weighted by Gasteiger charge is -2.11. The second-order valence-electron chi connectivity index (χ2n) is 6.89. The number of ether oxygens (including phenoxy) is 2. The summed E-state index contributed by atoms with van der Waals surface area (Å²) in [6, 6.07) is 9.68. The standard InChI is InChI=1S/C23H23N3O3S2/c1-3-4-5-12-29-18-10-8-16(14-19(18)28-2)15-20-22(27)26-23(31-20)24-21(25-26)11-9-17-7-6-13-30-17/h6-11,13-15H,3-5,12H2,1-2H3/b11-9+,20-15+. The van der Waals surface area contributed by atoms with Gasteiger partial charge in [0.15, 0.2) is 17.3 Å². The van der Waals surface area contributed by atoms with Gasteiger partial charge in [0.05, 0.1) is 18.2 Å². The number of hydrogen-bond donors (Lipinski definition) is 0. The number of benzene rings is 1. The molecule has 4 aromatic rings. The monoisotopic (exact) mass is 453 g/mol. The molecule has 3 aromatic heterocycles. The maximum Gasteiger partial charge on any atom is 0.291 e. The molecule has 0 saturated heterocycles. The van der Waals surface area contributed by atoms with Gasteiger partial charge in [-0.3, -0.25) is 4.79 Å². The van der Waals surface area contributed by atoms with E-state index in [4.69, 9.17) is 9.47 Å². The van der Waals surface area contributed by atoms with Crippen molar-refractivity contribution >= 4 is 45.9 Å². The van der Waals surface area contributed by atoms with Crippen LogP contribution in [0.2, 0.25) is 0 Å². The first kappa shape index (κ1) is 21.3. The van der Waals surface area contributed by atoms with Crippen LogP contribution < -0.4 is 19.6 Å². The Morgan fingerprint density at radius 3 is 2.81 bits per heavy atom. The molecule has 0 bridgehead atoms. The number of hydrogen-bond acceptors (Lipinski definition) is 7. The van der Waals surface area contributed by atoms with E-state index < -0.39 is 0 Å². The number of fused-ring (bicyclic) bond motifs is 1. The van der Waals surface area contributed by atoms with Gasteiger partial charge in [-0.2, -0.15) is 9.50 Å². The number of thiophene rings is 1. The summed E-state index contributed by atoms with van der Waals surface area (Å²) < 4.78 is 13.2. The first-order chi connectivity index (χ1) is 15.2. The van der Waals surface area contributed by atoms with Crippen molar-refractivity contribution in [3.05, 3.63) is 66.9 Å². The molecule has 0 N–H and O–H groups in total. The van der Waals surface area contributed by atoms with Gasteiger partial charge in [0.1, 0.15) is 0 Å². The molecule has 31 heavy (non-hydrogen) atoms. The molecular weight excluding hydrogens is 430 g/mol. The van der Waals surface area contributed by atoms with Gasteiger partial charge in [0.25, 0.3) is 5.56 Å². The van der Waals surface area contributed by atoms with Crippen molar-refractivity contribution in [2.75, 3.05) is 13.7 Å². The van der Waals surface area contributed by atoms with Crippen LogP contribution in [0.25, 0.3) is 23.2 Å². The highest BCUT2D eigenvalue weighted by molar-refractivity contribution is 7.15. The first-order valence-electron chi connectivity index (χ1n) is 10.1. The number of aromatic nitrogens is 3. The Morgan fingerprint density at radius 2 is 2.06 bits per heavy atom. The molecule has 0 atom stereocenters. The Bertz CT molecular complexity index is 1290. The van der Waals surface area contributed by atoms with Crippen molar-refractivity contribution in [1.82, 2.24) is 14.6 Å². The van der Waals surface area contributed by atoms with E-state index >= 15 is 0 Å². The largest absolute Gasteiger partial charge is 0.493 e. The summed E-state index contributed by atoms with van der Waals surface area (Å²) in [4.78, 5) is 18.9. The Labute approximate surface area is 188 Å². The molecule has 0 aliphatic heterocycles. The van der Waals surface area contributed by atoms with Crippen LogP contribution in [0.5, 0.6) is 11.5 Å². The zero-order chi connectivity index (χ0) is 21.6. The molecule has 0 unspecified atom stereocenters. The summed E-state index contributed by atoms with van der Waals surface area (Å²) in [7, 11) is 1.62. The summed E-state index contributed by atoms with van der Waals surface area (Å²) in [5.74, 6) is 1.88. The summed E-state index contributed by atoms with van der Waals surface area (Å²) in [5, 5.41) is 6.34. The van der Waals surface area contributed by atoms with E-state index in [-0.39, 0.29) is 5.56 Å². The molecule has 0 fully saturated rings. The summed E-state index contributed by atoms with van der Waals surface area (Å²) in [5.41, 5.74) is 0.680. The molecule has 160 valence electrons. The van der Waals surface area contributed by atoms with E-state index in [1.807, 2.05) is 53.9 Å². The summed E-state index contributed by atoms with van der Waals surface area (Å²) in [6.07, 6.45) is 8.89. The van der Waals surface area contributed by atoms with Crippen molar-refractivity contribution in [2.45, 2.75) is 26.2 Å². The van der Waals surface area contributed by atoms with Gasteiger partial charge in [-0.25, -0.2) is 0 Å². The van der Waals surface area contributed by atoms with Crippen LogP contribution in [-0.4, -0.2) is 28.3 Å². The van der Waals surface area contributed by atoms with Crippen molar-refractivity contribution in [3.63, 3.8) is 0 Å². The minimum Gasteiger partial charge on any atom is -0.493 e. The van der Waals surface area contributed by atoms with Crippen LogP contribution >= 0.6 is 22.7 Å². The predicted molar refractivity (Wildman–Crippen MR) is 127 cm³/mol. The van der Waals surface area contributed by atoms with Gasteiger partial charge in [-0.1, -0.05) is 43.2 Å². The molecule has 0 radical (unpaired) electrons. The van der Waals surface area contributed by atoms with Crippen LogP contribution in [0.3, 0.4) is 0 Å². The topological polar surface area (TPSA) is 65.7 Å². The van der Waals surface area contributed by atoms with Crippen molar-refractivity contribution in [1.29, 1.82) is 0 Å². The summed E-state index contributed by atoms with van der Waals surface area (Å²) in [6.45, 7) is 2.82. The van der Waals surface area contributed by atoms with Gasteiger partial charge in [-0.05, 0) is 53.8 Å². The molecule has 8 heteroatoms. The Kier molecular flexibility index (Phi) is 6.79. The number of methoxy groups -OCH3 is 1. The molecule has 4 rings (SSSR count). The van der Waals surface area contributed by atoms with Gasteiger partial charge in [0, 0.05) is 4.88 Å². The lowest BCUT2D eigenvalue weighted by molar-refractivity contribution is 0.286. The van der Waals surface area contributed by atoms with E-state index in [1.54, 1.807) is 18.4 Å². The maximum atomic E-state index is 12.8. The molecular formula is C23H23N3O3S2. The van der Waals surface area contributed by atoms with E-state index in [1.165, 1.54) is 15.9 Å². The summed E-state index contributed by atoms with van der Waals surface area (Å²) >= 11 is 2.95. The number of rotatable bonds is 9. The fourth-order valence-corrected chi connectivity index (χ4v) is 4.57. The minimum absolute atomic E-state index is 0.179. The highest BCUT2D eigenvalue weighted by Crippen LogP contribution is 2.28. The van der Waals surface area contributed by atoms with Crippen molar-refractivity contribution in [3.8, 4) is 11.5 Å². The number of thiazole rings is 1. The minimum atomic E-state index is -0.179. The van der Waals surface area contributed by atoms with Gasteiger partial charge in [-0.15, -0.1) is 16.4 Å². The van der Waals surface area contributed by atoms with Crippen LogP contribution in [0, 0.1) is 0 Å². The lowest BCUT2D eigenvalue weighted by atomic mass is 10.2. The molecule has 0 spiro atoms. The average molecular weight is 454 g/mol. The predicted octanol–water partition coefficient (Wildman–Crippen LogP) is 4.51. The molecule has 0 saturated carbocycles. The van der Waals surface area contributed by atoms with Gasteiger partial charge >= 0.3 is 0 Å². The molecule has 0 aliphatic carbocycles. The SMILES string of the molecule is CCCCCOc1ccc(/C=c2/sc3nc(/C=C/c4cccs4)nn3c2=O)cc1OC. The molecule has 0 aliphatic rings. The van der Waals surface area contributed by atoms with Crippen molar-refractivity contribution < 1.29 is 9.47 Å². The molecule has 0 amide bonds. The van der Waals surface area contributed by atoms with E-state index in [2.05, 4.69) is 17.0 Å². The zero-order valence-electron chi connectivity index (χ0n) is 17.4. The number of nitrogens with zero attached hydrogens (tertiary/aromatic N) is 3. The second-order valence-corrected chi connectivity index (χ2v) is 8.88. The smallest absolute Gasteiger partial charge is 0.291 e. The molecule has 6 nitrogen and oxygen atoms in total. The van der Waals surface area contributed by atoms with Crippen molar-refractivity contribution in [2.24, 2.45) is 0 Å². The average Bonchev–Trinajstić information content (AvgIpc) is 3.50. The van der Waals surface area contributed by atoms with Crippen LogP contribution in [0.4, 0.5) is 0 Å². The van der Waals surface area contributed by atoms with E-state index in [0.717, 1.165) is 29.7 Å². The van der Waals surface area contributed by atoms with E-state index in [9.17, 15) is 4.79 Å². The van der Waals surface area contributed by atoms with Crippen LogP contribution in [0.1, 0.15) is 42.5 Å².